The number of hydrogen-bond donors (Lipinski definition) is 3. The monoisotopic (exact) mass is 324 g/mol. The van der Waals surface area contributed by atoms with Crippen LogP contribution in [0.3, 0.4) is 0 Å². The first-order valence-electron chi connectivity index (χ1n) is 7.79. The highest BCUT2D eigenvalue weighted by molar-refractivity contribution is 7.53. The Morgan fingerprint density at radius 3 is 1.81 bits per heavy atom. The fourth-order valence-electron chi connectivity index (χ4n) is 1.97. The minimum Gasteiger partial charge on any atom is -0.463 e. The van der Waals surface area contributed by atoms with Gasteiger partial charge in [0, 0.05) is 0 Å². The topological polar surface area (TPSA) is 104 Å². The first-order valence-corrected chi connectivity index (χ1v) is 9.47. The van der Waals surface area contributed by atoms with E-state index in [4.69, 9.17) is 14.9 Å². The van der Waals surface area contributed by atoms with Crippen molar-refractivity contribution >= 4 is 13.6 Å². The predicted molar refractivity (Wildman–Crippen MR) is 80.9 cm³/mol. The van der Waals surface area contributed by atoms with Crippen LogP contribution >= 0.6 is 7.60 Å². The van der Waals surface area contributed by atoms with E-state index < -0.39 is 19.4 Å². The van der Waals surface area contributed by atoms with Gasteiger partial charge in [-0.05, 0) is 6.42 Å². The Kier molecular flexibility index (Phi) is 11.9. The van der Waals surface area contributed by atoms with Crippen molar-refractivity contribution in [1.82, 2.24) is 0 Å². The number of carbonyl (C=O) groups excluding carboxylic acids is 1. The van der Waals surface area contributed by atoms with Gasteiger partial charge in [-0.25, -0.2) is 4.79 Å². The Labute approximate surface area is 127 Å². The summed E-state index contributed by atoms with van der Waals surface area (Å²) in [5.74, 6) is -3.61. The Bertz CT molecular complexity index is 315. The highest BCUT2D eigenvalue weighted by Gasteiger charge is 2.34. The largest absolute Gasteiger partial charge is 0.463 e. The Morgan fingerprint density at radius 2 is 1.38 bits per heavy atom. The number of rotatable bonds is 13. The third-order valence-electron chi connectivity index (χ3n) is 3.27. The van der Waals surface area contributed by atoms with E-state index in [1.807, 2.05) is 0 Å². The standard InChI is InChI=1S/C14H29O6P/c1-2-3-4-5-6-7-8-9-10-11-12-20-13(15)14(16)21(17,18)19/h14,16H,2-12H2,1H3,(H2,17,18,19). The molecule has 0 saturated heterocycles. The quantitative estimate of drug-likeness (QED) is 0.273. The molecular weight excluding hydrogens is 295 g/mol. The zero-order valence-electron chi connectivity index (χ0n) is 12.9. The van der Waals surface area contributed by atoms with Gasteiger partial charge in [-0.2, -0.15) is 0 Å². The van der Waals surface area contributed by atoms with Crippen molar-refractivity contribution < 1.29 is 29.0 Å². The lowest BCUT2D eigenvalue weighted by atomic mass is 10.1. The average Bonchev–Trinajstić information content (AvgIpc) is 2.42. The molecule has 21 heavy (non-hydrogen) atoms. The SMILES string of the molecule is CCCCCCCCCCCCOC(=O)C(O)P(=O)(O)O. The van der Waals surface area contributed by atoms with Crippen molar-refractivity contribution in [2.45, 2.75) is 77.0 Å². The molecule has 0 rings (SSSR count). The lowest BCUT2D eigenvalue weighted by molar-refractivity contribution is -0.150. The fourth-order valence-corrected chi connectivity index (χ4v) is 2.32. The molecule has 0 aromatic rings. The van der Waals surface area contributed by atoms with Gasteiger partial charge in [-0.1, -0.05) is 64.7 Å². The molecule has 0 aliphatic carbocycles. The summed E-state index contributed by atoms with van der Waals surface area (Å²) >= 11 is 0. The maximum atomic E-state index is 11.1. The smallest absolute Gasteiger partial charge is 0.365 e. The van der Waals surface area contributed by atoms with Crippen LogP contribution in [0, 0.1) is 0 Å². The van der Waals surface area contributed by atoms with E-state index >= 15 is 0 Å². The number of aliphatic hydroxyl groups is 1. The van der Waals surface area contributed by atoms with E-state index in [0.29, 0.717) is 6.42 Å². The van der Waals surface area contributed by atoms with Crippen molar-refractivity contribution in [3.05, 3.63) is 0 Å². The number of esters is 1. The summed E-state index contributed by atoms with van der Waals surface area (Å²) in [6.07, 6.45) is 11.5. The van der Waals surface area contributed by atoms with E-state index in [2.05, 4.69) is 11.7 Å². The van der Waals surface area contributed by atoms with Crippen molar-refractivity contribution in [1.29, 1.82) is 0 Å². The van der Waals surface area contributed by atoms with Gasteiger partial charge in [0.1, 0.15) is 0 Å². The van der Waals surface area contributed by atoms with Gasteiger partial charge in [-0.15, -0.1) is 0 Å². The summed E-state index contributed by atoms with van der Waals surface area (Å²) in [5, 5.41) is 8.98. The second kappa shape index (κ2) is 12.2. The van der Waals surface area contributed by atoms with Crippen LogP contribution < -0.4 is 0 Å². The summed E-state index contributed by atoms with van der Waals surface area (Å²) in [5.41, 5.74) is 0. The summed E-state index contributed by atoms with van der Waals surface area (Å²) in [4.78, 5) is 28.3. The average molecular weight is 324 g/mol. The van der Waals surface area contributed by atoms with Crippen LogP contribution in [0.5, 0.6) is 0 Å². The normalized spacial score (nSPS) is 13.1. The van der Waals surface area contributed by atoms with Gasteiger partial charge in [0.15, 0.2) is 0 Å². The van der Waals surface area contributed by atoms with E-state index in [-0.39, 0.29) is 6.61 Å². The molecule has 6 nitrogen and oxygen atoms in total. The maximum absolute atomic E-state index is 11.1. The lowest BCUT2D eigenvalue weighted by Gasteiger charge is -2.11. The molecule has 7 heteroatoms. The molecule has 0 aromatic heterocycles. The highest BCUT2D eigenvalue weighted by Crippen LogP contribution is 2.39. The molecule has 0 heterocycles. The molecule has 126 valence electrons. The molecule has 3 N–H and O–H groups in total. The van der Waals surface area contributed by atoms with Crippen LogP contribution in [0.1, 0.15) is 71.1 Å². The molecule has 1 atom stereocenters. The molecule has 0 aliphatic heterocycles. The van der Waals surface area contributed by atoms with Crippen molar-refractivity contribution in [2.75, 3.05) is 6.61 Å². The number of unbranched alkanes of at least 4 members (excludes halogenated alkanes) is 9. The van der Waals surface area contributed by atoms with Crippen LogP contribution in [0.4, 0.5) is 0 Å². The van der Waals surface area contributed by atoms with Gasteiger partial charge in [-0.3, -0.25) is 4.57 Å². The van der Waals surface area contributed by atoms with Crippen LogP contribution in [0.15, 0.2) is 0 Å². The third-order valence-corrected chi connectivity index (χ3v) is 4.12. The Morgan fingerprint density at radius 1 is 0.952 bits per heavy atom. The zero-order chi connectivity index (χ0) is 16.1. The van der Waals surface area contributed by atoms with E-state index in [0.717, 1.165) is 19.3 Å². The second-order valence-electron chi connectivity index (χ2n) is 5.31. The third kappa shape index (κ3) is 11.9. The van der Waals surface area contributed by atoms with Crippen molar-refractivity contribution in [3.8, 4) is 0 Å². The Balaban J connectivity index is 3.37. The van der Waals surface area contributed by atoms with Gasteiger partial charge < -0.3 is 19.6 Å². The van der Waals surface area contributed by atoms with E-state index in [9.17, 15) is 9.36 Å². The molecule has 0 amide bonds. The van der Waals surface area contributed by atoms with Crippen LogP contribution in [-0.2, 0) is 14.1 Å². The second-order valence-corrected chi connectivity index (χ2v) is 6.98. The summed E-state index contributed by atoms with van der Waals surface area (Å²) in [6, 6.07) is 0. The fraction of sp³-hybridized carbons (Fsp3) is 0.929. The van der Waals surface area contributed by atoms with Gasteiger partial charge >= 0.3 is 13.6 Å². The molecule has 0 spiro atoms. The highest BCUT2D eigenvalue weighted by atomic mass is 31.2. The van der Waals surface area contributed by atoms with Gasteiger partial charge in [0.2, 0.25) is 0 Å². The van der Waals surface area contributed by atoms with Gasteiger partial charge in [0.25, 0.3) is 5.85 Å². The molecule has 0 bridgehead atoms. The van der Waals surface area contributed by atoms with E-state index in [1.165, 1.54) is 38.5 Å². The lowest BCUT2D eigenvalue weighted by Crippen LogP contribution is -2.23. The molecular formula is C14H29O6P. The molecule has 0 fully saturated rings. The Hall–Kier alpha value is -0.420. The number of ether oxygens (including phenoxy) is 1. The summed E-state index contributed by atoms with van der Waals surface area (Å²) in [7, 11) is -4.81. The minimum absolute atomic E-state index is 0.0897. The molecule has 1 unspecified atom stereocenters. The summed E-state index contributed by atoms with van der Waals surface area (Å²) in [6.45, 7) is 2.29. The number of carbonyl (C=O) groups is 1. The molecule has 0 aliphatic rings. The molecule has 0 saturated carbocycles. The predicted octanol–water partition coefficient (Wildman–Crippen LogP) is 2.95. The first-order chi connectivity index (χ1) is 9.89. The molecule has 0 radical (unpaired) electrons. The van der Waals surface area contributed by atoms with Crippen molar-refractivity contribution in [2.24, 2.45) is 0 Å². The number of aliphatic hydroxyl groups excluding tert-OH is 1. The van der Waals surface area contributed by atoms with Crippen LogP contribution in [0.25, 0.3) is 0 Å². The summed E-state index contributed by atoms with van der Waals surface area (Å²) < 4.78 is 15.2. The van der Waals surface area contributed by atoms with E-state index in [1.54, 1.807) is 0 Å². The maximum Gasteiger partial charge on any atom is 0.365 e. The van der Waals surface area contributed by atoms with Gasteiger partial charge in [0.05, 0.1) is 6.61 Å². The van der Waals surface area contributed by atoms with Crippen molar-refractivity contribution in [3.63, 3.8) is 0 Å². The first kappa shape index (κ1) is 20.6. The molecule has 0 aromatic carbocycles. The van der Waals surface area contributed by atoms with Crippen LogP contribution in [0.2, 0.25) is 0 Å². The zero-order valence-corrected chi connectivity index (χ0v) is 13.8. The number of hydrogen-bond acceptors (Lipinski definition) is 4. The minimum atomic E-state index is -4.81. The van der Waals surface area contributed by atoms with Crippen LogP contribution in [-0.4, -0.2) is 33.3 Å².